The summed E-state index contributed by atoms with van der Waals surface area (Å²) in [5, 5.41) is 8.88. The summed E-state index contributed by atoms with van der Waals surface area (Å²) in [6.07, 6.45) is 8.58. The Labute approximate surface area is 80.7 Å². The molecule has 0 saturated heterocycles. The summed E-state index contributed by atoms with van der Waals surface area (Å²) in [6, 6.07) is 0. The van der Waals surface area contributed by atoms with E-state index in [0.29, 0.717) is 0 Å². The Morgan fingerprint density at radius 3 is 2.62 bits per heavy atom. The highest BCUT2D eigenvalue weighted by atomic mass is 16.4. The predicted octanol–water partition coefficient (Wildman–Crippen LogP) is 3.23. The fraction of sp³-hybridized carbons (Fsp3) is 0.727. The Balaban J connectivity index is 3.73. The van der Waals surface area contributed by atoms with Gasteiger partial charge in [-0.25, -0.2) is 0 Å². The number of hydrogen-bond donors (Lipinski definition) is 1. The molecule has 0 aromatic rings. The summed E-state index contributed by atoms with van der Waals surface area (Å²) in [5.74, 6) is -0.783. The predicted molar refractivity (Wildman–Crippen MR) is 54.7 cm³/mol. The first kappa shape index (κ1) is 12.2. The minimum absolute atomic E-state index is 0.142. The van der Waals surface area contributed by atoms with Gasteiger partial charge >= 0.3 is 5.97 Å². The SMILES string of the molecule is C/C=C\CCC(CCCC)C(=O)O. The molecule has 76 valence electrons. The normalized spacial score (nSPS) is 13.4. The van der Waals surface area contributed by atoms with Crippen molar-refractivity contribution in [2.45, 2.75) is 46.0 Å². The highest BCUT2D eigenvalue weighted by molar-refractivity contribution is 5.69. The lowest BCUT2D eigenvalue weighted by Gasteiger charge is -2.09. The third-order valence-corrected chi connectivity index (χ3v) is 2.17. The quantitative estimate of drug-likeness (QED) is 0.617. The van der Waals surface area contributed by atoms with Crippen molar-refractivity contribution in [1.29, 1.82) is 0 Å². The summed E-state index contributed by atoms with van der Waals surface area (Å²) in [4.78, 5) is 10.8. The van der Waals surface area contributed by atoms with E-state index in [1.807, 2.05) is 19.1 Å². The van der Waals surface area contributed by atoms with Crippen LogP contribution < -0.4 is 0 Å². The van der Waals surface area contributed by atoms with E-state index in [4.69, 9.17) is 5.11 Å². The average molecular weight is 184 g/mol. The number of allylic oxidation sites excluding steroid dienone is 2. The minimum atomic E-state index is -0.641. The van der Waals surface area contributed by atoms with Gasteiger partial charge in [-0.15, -0.1) is 0 Å². The monoisotopic (exact) mass is 184 g/mol. The van der Waals surface area contributed by atoms with Crippen molar-refractivity contribution >= 4 is 5.97 Å². The van der Waals surface area contributed by atoms with Gasteiger partial charge in [0.2, 0.25) is 0 Å². The maximum absolute atomic E-state index is 10.8. The van der Waals surface area contributed by atoms with Crippen LogP contribution in [0.2, 0.25) is 0 Å². The molecule has 0 radical (unpaired) electrons. The Bertz CT molecular complexity index is 161. The molecule has 0 aromatic heterocycles. The molecule has 0 aliphatic carbocycles. The van der Waals surface area contributed by atoms with Gasteiger partial charge in [-0.05, 0) is 26.2 Å². The van der Waals surface area contributed by atoms with Crippen molar-refractivity contribution in [2.24, 2.45) is 5.92 Å². The molecular weight excluding hydrogens is 164 g/mol. The summed E-state index contributed by atoms with van der Waals surface area (Å²) in [6.45, 7) is 4.05. The fourth-order valence-electron chi connectivity index (χ4n) is 1.31. The van der Waals surface area contributed by atoms with Gasteiger partial charge in [0, 0.05) is 0 Å². The summed E-state index contributed by atoms with van der Waals surface area (Å²) in [7, 11) is 0. The first-order chi connectivity index (χ1) is 6.22. The van der Waals surface area contributed by atoms with Crippen LogP contribution in [-0.4, -0.2) is 11.1 Å². The van der Waals surface area contributed by atoms with E-state index < -0.39 is 5.97 Å². The second kappa shape index (κ2) is 7.84. The Kier molecular flexibility index (Phi) is 7.36. The summed E-state index contributed by atoms with van der Waals surface area (Å²) >= 11 is 0. The molecule has 13 heavy (non-hydrogen) atoms. The van der Waals surface area contributed by atoms with Gasteiger partial charge in [0.05, 0.1) is 5.92 Å². The number of carboxylic acid groups (broad SMARTS) is 1. The van der Waals surface area contributed by atoms with Crippen LogP contribution in [0, 0.1) is 5.92 Å². The van der Waals surface area contributed by atoms with Crippen LogP contribution in [0.25, 0.3) is 0 Å². The molecule has 0 bridgehead atoms. The smallest absolute Gasteiger partial charge is 0.306 e. The lowest BCUT2D eigenvalue weighted by molar-refractivity contribution is -0.142. The maximum Gasteiger partial charge on any atom is 0.306 e. The van der Waals surface area contributed by atoms with Crippen molar-refractivity contribution in [3.63, 3.8) is 0 Å². The Morgan fingerprint density at radius 2 is 2.15 bits per heavy atom. The molecule has 2 nitrogen and oxygen atoms in total. The molecule has 0 fully saturated rings. The van der Waals surface area contributed by atoms with E-state index in [1.54, 1.807) is 0 Å². The molecule has 0 aromatic carbocycles. The molecule has 1 unspecified atom stereocenters. The van der Waals surface area contributed by atoms with Gasteiger partial charge in [0.25, 0.3) is 0 Å². The fourth-order valence-corrected chi connectivity index (χ4v) is 1.31. The van der Waals surface area contributed by atoms with Gasteiger partial charge in [-0.3, -0.25) is 4.79 Å². The molecule has 0 rings (SSSR count). The van der Waals surface area contributed by atoms with E-state index in [9.17, 15) is 4.79 Å². The van der Waals surface area contributed by atoms with Crippen LogP contribution in [0.4, 0.5) is 0 Å². The lowest BCUT2D eigenvalue weighted by atomic mass is 9.97. The molecule has 0 heterocycles. The third kappa shape index (κ3) is 6.38. The van der Waals surface area contributed by atoms with Gasteiger partial charge in [0.15, 0.2) is 0 Å². The Hall–Kier alpha value is -0.790. The van der Waals surface area contributed by atoms with E-state index in [1.165, 1.54) is 0 Å². The Morgan fingerprint density at radius 1 is 1.46 bits per heavy atom. The van der Waals surface area contributed by atoms with Gasteiger partial charge in [0.1, 0.15) is 0 Å². The zero-order valence-electron chi connectivity index (χ0n) is 8.62. The van der Waals surface area contributed by atoms with E-state index >= 15 is 0 Å². The molecule has 1 atom stereocenters. The number of carboxylic acids is 1. The molecule has 0 saturated carbocycles. The van der Waals surface area contributed by atoms with Crippen molar-refractivity contribution in [1.82, 2.24) is 0 Å². The topological polar surface area (TPSA) is 37.3 Å². The second-order valence-electron chi connectivity index (χ2n) is 3.32. The first-order valence-corrected chi connectivity index (χ1v) is 5.06. The first-order valence-electron chi connectivity index (χ1n) is 5.06. The van der Waals surface area contributed by atoms with Crippen LogP contribution in [0.3, 0.4) is 0 Å². The highest BCUT2D eigenvalue weighted by Crippen LogP contribution is 2.15. The molecule has 0 aliphatic heterocycles. The highest BCUT2D eigenvalue weighted by Gasteiger charge is 2.14. The molecule has 0 amide bonds. The number of hydrogen-bond acceptors (Lipinski definition) is 1. The molecule has 2 heteroatoms. The summed E-state index contributed by atoms with van der Waals surface area (Å²) in [5.41, 5.74) is 0. The van der Waals surface area contributed by atoms with Gasteiger partial charge < -0.3 is 5.11 Å². The largest absolute Gasteiger partial charge is 0.481 e. The second-order valence-corrected chi connectivity index (χ2v) is 3.32. The average Bonchev–Trinajstić information content (AvgIpc) is 2.10. The summed E-state index contributed by atoms with van der Waals surface area (Å²) < 4.78 is 0. The zero-order chi connectivity index (χ0) is 10.1. The minimum Gasteiger partial charge on any atom is -0.481 e. The van der Waals surface area contributed by atoms with Crippen molar-refractivity contribution in [3.8, 4) is 0 Å². The van der Waals surface area contributed by atoms with Crippen LogP contribution >= 0.6 is 0 Å². The zero-order valence-corrected chi connectivity index (χ0v) is 8.62. The van der Waals surface area contributed by atoms with Crippen molar-refractivity contribution in [2.75, 3.05) is 0 Å². The molecule has 1 N–H and O–H groups in total. The third-order valence-electron chi connectivity index (χ3n) is 2.17. The standard InChI is InChI=1S/C11H20O2/c1-3-5-7-9-10(11(12)13)8-6-4-2/h3,5,10H,4,6-9H2,1-2H3,(H,12,13)/b5-3-. The van der Waals surface area contributed by atoms with E-state index in [0.717, 1.165) is 32.1 Å². The van der Waals surface area contributed by atoms with Crippen LogP contribution in [0.5, 0.6) is 0 Å². The van der Waals surface area contributed by atoms with Crippen LogP contribution in [0.1, 0.15) is 46.0 Å². The van der Waals surface area contributed by atoms with Crippen LogP contribution in [0.15, 0.2) is 12.2 Å². The molecule has 0 aliphatic rings. The maximum atomic E-state index is 10.8. The van der Waals surface area contributed by atoms with Crippen molar-refractivity contribution < 1.29 is 9.90 Å². The molecular formula is C11H20O2. The van der Waals surface area contributed by atoms with Gasteiger partial charge in [-0.2, -0.15) is 0 Å². The van der Waals surface area contributed by atoms with E-state index in [-0.39, 0.29) is 5.92 Å². The number of rotatable bonds is 7. The number of unbranched alkanes of at least 4 members (excludes halogenated alkanes) is 1. The number of aliphatic carboxylic acids is 1. The van der Waals surface area contributed by atoms with Crippen LogP contribution in [-0.2, 0) is 4.79 Å². The lowest BCUT2D eigenvalue weighted by Crippen LogP contribution is -2.13. The van der Waals surface area contributed by atoms with Gasteiger partial charge in [-0.1, -0.05) is 31.9 Å². The molecule has 0 spiro atoms. The number of carbonyl (C=O) groups is 1. The van der Waals surface area contributed by atoms with E-state index in [2.05, 4.69) is 6.92 Å². The van der Waals surface area contributed by atoms with Crippen molar-refractivity contribution in [3.05, 3.63) is 12.2 Å².